The Bertz CT molecular complexity index is 907. The number of allylic oxidation sites excluding steroid dienone is 2. The van der Waals surface area contributed by atoms with Crippen molar-refractivity contribution in [1.29, 1.82) is 10.5 Å². The number of anilines is 1. The van der Waals surface area contributed by atoms with E-state index in [1.807, 2.05) is 13.0 Å². The fourth-order valence-electron chi connectivity index (χ4n) is 2.86. The van der Waals surface area contributed by atoms with E-state index < -0.39 is 5.92 Å². The molecule has 1 aromatic heterocycles. The van der Waals surface area contributed by atoms with Crippen molar-refractivity contribution in [3.63, 3.8) is 0 Å². The molecular weight excluding hydrogens is 278 g/mol. The predicted molar refractivity (Wildman–Crippen MR) is 81.7 cm³/mol. The molecule has 0 amide bonds. The van der Waals surface area contributed by atoms with Gasteiger partial charge >= 0.3 is 0 Å². The number of rotatable bonds is 1. The van der Waals surface area contributed by atoms with Gasteiger partial charge in [0.1, 0.15) is 5.52 Å². The van der Waals surface area contributed by atoms with Crippen LogP contribution in [0, 0.1) is 28.6 Å². The first-order valence-electron chi connectivity index (χ1n) is 6.76. The summed E-state index contributed by atoms with van der Waals surface area (Å²) in [6, 6.07) is 9.96. The molecule has 0 fully saturated rings. The molecule has 0 saturated heterocycles. The molecule has 6 nitrogen and oxygen atoms in total. The summed E-state index contributed by atoms with van der Waals surface area (Å²) in [6.45, 7) is 3.59. The van der Waals surface area contributed by atoms with Gasteiger partial charge in [-0.05, 0) is 31.5 Å². The molecule has 3 rings (SSSR count). The van der Waals surface area contributed by atoms with Crippen LogP contribution in [0.4, 0.5) is 6.01 Å². The zero-order chi connectivity index (χ0) is 15.9. The van der Waals surface area contributed by atoms with E-state index in [2.05, 4.69) is 22.1 Å². The maximum atomic E-state index is 9.49. The Balaban J connectivity index is 2.19. The van der Waals surface area contributed by atoms with Crippen molar-refractivity contribution in [2.45, 2.75) is 19.8 Å². The third-order valence-electron chi connectivity index (χ3n) is 3.88. The Morgan fingerprint density at radius 1 is 1.27 bits per heavy atom. The van der Waals surface area contributed by atoms with Gasteiger partial charge in [0.2, 0.25) is 0 Å². The lowest BCUT2D eigenvalue weighted by atomic mass is 9.77. The Morgan fingerprint density at radius 3 is 2.73 bits per heavy atom. The van der Waals surface area contributed by atoms with Crippen LogP contribution >= 0.6 is 0 Å². The van der Waals surface area contributed by atoms with Crippen molar-refractivity contribution in [3.8, 4) is 12.1 Å². The van der Waals surface area contributed by atoms with Gasteiger partial charge in [0, 0.05) is 11.6 Å². The second-order valence-corrected chi connectivity index (χ2v) is 5.23. The van der Waals surface area contributed by atoms with Gasteiger partial charge in [-0.2, -0.15) is 15.5 Å². The van der Waals surface area contributed by atoms with Gasteiger partial charge in [0.15, 0.2) is 5.58 Å². The highest BCUT2D eigenvalue weighted by Crippen LogP contribution is 2.39. The maximum Gasteiger partial charge on any atom is 0.292 e. The molecule has 0 aliphatic carbocycles. The average molecular weight is 291 g/mol. The van der Waals surface area contributed by atoms with Crippen LogP contribution in [0.15, 0.2) is 38.9 Å². The van der Waals surface area contributed by atoms with Gasteiger partial charge < -0.3 is 10.2 Å². The van der Waals surface area contributed by atoms with Gasteiger partial charge in [0.25, 0.3) is 6.01 Å². The van der Waals surface area contributed by atoms with Crippen molar-refractivity contribution in [3.05, 3.63) is 35.0 Å². The van der Waals surface area contributed by atoms with Gasteiger partial charge in [-0.3, -0.25) is 4.99 Å². The fourth-order valence-corrected chi connectivity index (χ4v) is 2.86. The SMILES string of the molecule is CC1=NC(C)=C(C#N)C(c2ccc3nc(N)oc3c2)C1C#N. The maximum absolute atomic E-state index is 9.49. The highest BCUT2D eigenvalue weighted by molar-refractivity contribution is 5.91. The monoisotopic (exact) mass is 291 g/mol. The minimum Gasteiger partial charge on any atom is -0.424 e. The number of hydrogen-bond donors (Lipinski definition) is 1. The molecule has 2 heterocycles. The molecule has 108 valence electrons. The minimum absolute atomic E-state index is 0.0950. The summed E-state index contributed by atoms with van der Waals surface area (Å²) in [5.41, 5.74) is 9.43. The Hall–Kier alpha value is -3.12. The zero-order valence-corrected chi connectivity index (χ0v) is 12.2. The summed E-state index contributed by atoms with van der Waals surface area (Å²) in [5.74, 6) is -0.834. The molecular formula is C16H13N5O. The molecule has 1 aliphatic heterocycles. The van der Waals surface area contributed by atoms with Gasteiger partial charge in [-0.15, -0.1) is 0 Å². The van der Waals surface area contributed by atoms with Crippen LogP contribution in [0.5, 0.6) is 0 Å². The first-order chi connectivity index (χ1) is 10.5. The zero-order valence-electron chi connectivity index (χ0n) is 12.2. The summed E-state index contributed by atoms with van der Waals surface area (Å²) in [6.07, 6.45) is 0. The number of nitrogens with zero attached hydrogens (tertiary/aromatic N) is 4. The van der Waals surface area contributed by atoms with Crippen LogP contribution in [-0.4, -0.2) is 10.7 Å². The number of aliphatic imine (C=N–C) groups is 1. The smallest absolute Gasteiger partial charge is 0.292 e. The molecule has 2 unspecified atom stereocenters. The number of nitrogens with two attached hydrogens (primary N) is 1. The summed E-state index contributed by atoms with van der Waals surface area (Å²) in [4.78, 5) is 8.38. The van der Waals surface area contributed by atoms with E-state index in [-0.39, 0.29) is 11.9 Å². The third-order valence-corrected chi connectivity index (χ3v) is 3.88. The number of aromatic nitrogens is 1. The standard InChI is InChI=1S/C16H13N5O/c1-8-11(6-17)15(12(7-18)9(2)20-8)10-3-4-13-14(5-10)22-16(19)21-13/h3-5,11,15H,1-2H3,(H2,19,21). The number of hydrogen-bond acceptors (Lipinski definition) is 6. The van der Waals surface area contributed by atoms with E-state index in [0.717, 1.165) is 5.56 Å². The molecule has 1 aromatic carbocycles. The van der Waals surface area contributed by atoms with Crippen molar-refractivity contribution in [1.82, 2.24) is 4.98 Å². The lowest BCUT2D eigenvalue weighted by molar-refractivity contribution is 0.624. The molecule has 2 aromatic rings. The summed E-state index contributed by atoms with van der Waals surface area (Å²) in [7, 11) is 0. The highest BCUT2D eigenvalue weighted by Gasteiger charge is 2.34. The van der Waals surface area contributed by atoms with Crippen LogP contribution in [0.25, 0.3) is 11.1 Å². The molecule has 0 saturated carbocycles. The number of nitriles is 2. The van der Waals surface area contributed by atoms with Crippen LogP contribution in [-0.2, 0) is 0 Å². The summed E-state index contributed by atoms with van der Waals surface area (Å²) < 4.78 is 5.35. The predicted octanol–water partition coefficient (Wildman–Crippen LogP) is 2.91. The number of fused-ring (bicyclic) bond motifs is 1. The quantitative estimate of drug-likeness (QED) is 0.868. The summed E-state index contributed by atoms with van der Waals surface area (Å²) in [5, 5.41) is 19.0. The van der Waals surface area contributed by atoms with E-state index in [1.54, 1.807) is 19.1 Å². The lowest BCUT2D eigenvalue weighted by Gasteiger charge is -2.26. The van der Waals surface area contributed by atoms with Crippen molar-refractivity contribution in [2.75, 3.05) is 5.73 Å². The van der Waals surface area contributed by atoms with Gasteiger partial charge in [-0.1, -0.05) is 6.07 Å². The second-order valence-electron chi connectivity index (χ2n) is 5.23. The molecule has 0 bridgehead atoms. The van der Waals surface area contributed by atoms with Crippen molar-refractivity contribution in [2.24, 2.45) is 10.9 Å². The lowest BCUT2D eigenvalue weighted by Crippen LogP contribution is -2.24. The van der Waals surface area contributed by atoms with Crippen LogP contribution < -0.4 is 5.73 Å². The molecule has 1 aliphatic rings. The fraction of sp³-hybridized carbons (Fsp3) is 0.250. The normalized spacial score (nSPS) is 21.4. The average Bonchev–Trinajstić information content (AvgIpc) is 2.85. The van der Waals surface area contributed by atoms with E-state index in [9.17, 15) is 10.5 Å². The largest absolute Gasteiger partial charge is 0.424 e. The Kier molecular flexibility index (Phi) is 3.15. The van der Waals surface area contributed by atoms with Crippen molar-refractivity contribution < 1.29 is 4.42 Å². The number of oxazole rings is 1. The van der Waals surface area contributed by atoms with E-state index in [4.69, 9.17) is 10.2 Å². The summed E-state index contributed by atoms with van der Waals surface area (Å²) >= 11 is 0. The van der Waals surface area contributed by atoms with Gasteiger partial charge in [0.05, 0.1) is 29.3 Å². The molecule has 0 spiro atoms. The van der Waals surface area contributed by atoms with E-state index in [0.29, 0.717) is 28.1 Å². The molecule has 2 N–H and O–H groups in total. The number of nitrogen functional groups attached to an aromatic ring is 1. The topological polar surface area (TPSA) is 112 Å². The van der Waals surface area contributed by atoms with Gasteiger partial charge in [-0.25, -0.2) is 0 Å². The molecule has 22 heavy (non-hydrogen) atoms. The van der Waals surface area contributed by atoms with Crippen LogP contribution in [0.2, 0.25) is 0 Å². The van der Waals surface area contributed by atoms with Crippen molar-refractivity contribution >= 4 is 22.8 Å². The van der Waals surface area contributed by atoms with E-state index in [1.165, 1.54) is 0 Å². The number of benzene rings is 1. The first-order valence-corrected chi connectivity index (χ1v) is 6.76. The molecule has 2 atom stereocenters. The Morgan fingerprint density at radius 2 is 2.05 bits per heavy atom. The first kappa shape index (κ1) is 13.8. The van der Waals surface area contributed by atoms with Crippen LogP contribution in [0.3, 0.4) is 0 Å². The molecule has 6 heteroatoms. The second kappa shape index (κ2) is 5.01. The highest BCUT2D eigenvalue weighted by atomic mass is 16.4. The Labute approximate surface area is 127 Å². The molecule has 0 radical (unpaired) electrons. The minimum atomic E-state index is -0.476. The van der Waals surface area contributed by atoms with E-state index >= 15 is 0 Å². The van der Waals surface area contributed by atoms with Crippen LogP contribution in [0.1, 0.15) is 25.3 Å². The third kappa shape index (κ3) is 2.02.